The average Bonchev–Trinajstić information content (AvgIpc) is 1.95. The van der Waals surface area contributed by atoms with Gasteiger partial charge in [-0.3, -0.25) is 0 Å². The standard InChI is InChI=1S/C10H21NO2/c1-8(12)6-11-5-4-9(13)10(2,3)7-11/h8-9,12-13H,4-7H2,1-3H3/t8-,9?/m0/s1. The Kier molecular flexibility index (Phi) is 3.33. The number of aliphatic hydroxyl groups is 2. The Balaban J connectivity index is 2.46. The van der Waals surface area contributed by atoms with Crippen molar-refractivity contribution in [2.24, 2.45) is 5.41 Å². The molecule has 1 aliphatic rings. The van der Waals surface area contributed by atoms with E-state index in [-0.39, 0.29) is 17.6 Å². The quantitative estimate of drug-likeness (QED) is 0.660. The van der Waals surface area contributed by atoms with Gasteiger partial charge in [0.1, 0.15) is 0 Å². The Labute approximate surface area is 80.4 Å². The van der Waals surface area contributed by atoms with Crippen molar-refractivity contribution in [1.82, 2.24) is 4.90 Å². The number of nitrogens with zero attached hydrogens (tertiary/aromatic N) is 1. The van der Waals surface area contributed by atoms with Gasteiger partial charge in [0.05, 0.1) is 12.2 Å². The Morgan fingerprint density at radius 1 is 1.54 bits per heavy atom. The van der Waals surface area contributed by atoms with Crippen LogP contribution in [0, 0.1) is 5.41 Å². The first-order valence-corrected chi connectivity index (χ1v) is 5.00. The highest BCUT2D eigenvalue weighted by Crippen LogP contribution is 2.28. The van der Waals surface area contributed by atoms with Gasteiger partial charge in [-0.1, -0.05) is 13.8 Å². The molecule has 78 valence electrons. The van der Waals surface area contributed by atoms with Gasteiger partial charge in [-0.15, -0.1) is 0 Å². The van der Waals surface area contributed by atoms with E-state index < -0.39 is 0 Å². The summed E-state index contributed by atoms with van der Waals surface area (Å²) >= 11 is 0. The van der Waals surface area contributed by atoms with E-state index in [1.807, 2.05) is 0 Å². The lowest BCUT2D eigenvalue weighted by molar-refractivity contribution is -0.0343. The molecule has 0 bridgehead atoms. The first-order valence-electron chi connectivity index (χ1n) is 5.00. The molecular weight excluding hydrogens is 166 g/mol. The molecule has 3 heteroatoms. The minimum absolute atomic E-state index is 0.0346. The molecule has 1 saturated heterocycles. The van der Waals surface area contributed by atoms with Crippen molar-refractivity contribution in [2.75, 3.05) is 19.6 Å². The van der Waals surface area contributed by atoms with Crippen molar-refractivity contribution in [2.45, 2.75) is 39.4 Å². The van der Waals surface area contributed by atoms with Crippen LogP contribution in [-0.2, 0) is 0 Å². The minimum atomic E-state index is -0.272. The third kappa shape index (κ3) is 2.93. The first kappa shape index (κ1) is 11.0. The second-order valence-electron chi connectivity index (χ2n) is 4.88. The minimum Gasteiger partial charge on any atom is -0.392 e. The average molecular weight is 187 g/mol. The molecular formula is C10H21NO2. The summed E-state index contributed by atoms with van der Waals surface area (Å²) in [4.78, 5) is 2.22. The van der Waals surface area contributed by atoms with Crippen LogP contribution in [0.1, 0.15) is 27.2 Å². The second-order valence-corrected chi connectivity index (χ2v) is 4.88. The molecule has 0 spiro atoms. The van der Waals surface area contributed by atoms with E-state index in [0.717, 1.165) is 26.1 Å². The highest BCUT2D eigenvalue weighted by atomic mass is 16.3. The monoisotopic (exact) mass is 187 g/mol. The van der Waals surface area contributed by atoms with Crippen molar-refractivity contribution >= 4 is 0 Å². The molecule has 2 atom stereocenters. The molecule has 3 nitrogen and oxygen atoms in total. The van der Waals surface area contributed by atoms with Gasteiger partial charge in [-0.25, -0.2) is 0 Å². The van der Waals surface area contributed by atoms with Crippen LogP contribution in [0.2, 0.25) is 0 Å². The third-order valence-electron chi connectivity index (χ3n) is 2.77. The zero-order valence-corrected chi connectivity index (χ0v) is 8.82. The van der Waals surface area contributed by atoms with Crippen LogP contribution in [0.4, 0.5) is 0 Å². The lowest BCUT2D eigenvalue weighted by Crippen LogP contribution is -2.50. The smallest absolute Gasteiger partial charge is 0.0639 e. The van der Waals surface area contributed by atoms with Crippen LogP contribution < -0.4 is 0 Å². The number of β-amino-alcohol motifs (C(OH)–C–C–N with tert-alkyl or cyclic N) is 1. The number of likely N-dealkylation sites (tertiary alicyclic amines) is 1. The Bertz CT molecular complexity index is 168. The molecule has 1 heterocycles. The zero-order chi connectivity index (χ0) is 10.1. The van der Waals surface area contributed by atoms with Crippen LogP contribution >= 0.6 is 0 Å². The molecule has 1 unspecified atom stereocenters. The van der Waals surface area contributed by atoms with Gasteiger partial charge in [0.25, 0.3) is 0 Å². The summed E-state index contributed by atoms with van der Waals surface area (Å²) in [7, 11) is 0. The van der Waals surface area contributed by atoms with E-state index in [4.69, 9.17) is 0 Å². The number of piperidine rings is 1. The summed E-state index contributed by atoms with van der Waals surface area (Å²) in [5.41, 5.74) is -0.0346. The fraction of sp³-hybridized carbons (Fsp3) is 1.00. The van der Waals surface area contributed by atoms with Crippen molar-refractivity contribution in [3.05, 3.63) is 0 Å². The molecule has 1 aliphatic heterocycles. The van der Waals surface area contributed by atoms with Gasteiger partial charge in [-0.2, -0.15) is 0 Å². The van der Waals surface area contributed by atoms with Crippen LogP contribution in [0.25, 0.3) is 0 Å². The van der Waals surface area contributed by atoms with Crippen LogP contribution in [0.5, 0.6) is 0 Å². The molecule has 0 aliphatic carbocycles. The number of hydrogen-bond donors (Lipinski definition) is 2. The van der Waals surface area contributed by atoms with Crippen LogP contribution in [0.3, 0.4) is 0 Å². The lowest BCUT2D eigenvalue weighted by atomic mass is 9.81. The SMILES string of the molecule is C[C@H](O)CN1CCC(O)C(C)(C)C1. The Hall–Kier alpha value is -0.120. The summed E-state index contributed by atoms with van der Waals surface area (Å²) < 4.78 is 0. The van der Waals surface area contributed by atoms with Crippen molar-refractivity contribution in [1.29, 1.82) is 0 Å². The first-order chi connectivity index (χ1) is 5.92. The van der Waals surface area contributed by atoms with Gasteiger partial charge in [0, 0.05) is 25.0 Å². The van der Waals surface area contributed by atoms with E-state index in [1.165, 1.54) is 0 Å². The summed E-state index contributed by atoms with van der Waals surface area (Å²) in [6.45, 7) is 8.44. The summed E-state index contributed by atoms with van der Waals surface area (Å²) in [5, 5.41) is 18.9. The van der Waals surface area contributed by atoms with Crippen molar-refractivity contribution < 1.29 is 10.2 Å². The maximum atomic E-state index is 9.70. The summed E-state index contributed by atoms with van der Waals surface area (Å²) in [6, 6.07) is 0. The number of hydrogen-bond acceptors (Lipinski definition) is 3. The van der Waals surface area contributed by atoms with Gasteiger partial charge in [0.15, 0.2) is 0 Å². The van der Waals surface area contributed by atoms with E-state index >= 15 is 0 Å². The molecule has 0 amide bonds. The van der Waals surface area contributed by atoms with E-state index in [1.54, 1.807) is 6.92 Å². The largest absolute Gasteiger partial charge is 0.392 e. The molecule has 0 radical (unpaired) electrons. The molecule has 1 rings (SSSR count). The zero-order valence-electron chi connectivity index (χ0n) is 8.82. The summed E-state index contributed by atoms with van der Waals surface area (Å²) in [6.07, 6.45) is 0.350. The maximum absolute atomic E-state index is 9.70. The van der Waals surface area contributed by atoms with Gasteiger partial charge < -0.3 is 15.1 Å². The van der Waals surface area contributed by atoms with Gasteiger partial charge >= 0.3 is 0 Å². The van der Waals surface area contributed by atoms with Crippen molar-refractivity contribution in [3.63, 3.8) is 0 Å². The molecule has 1 fully saturated rings. The molecule has 0 saturated carbocycles. The molecule has 0 aromatic rings. The highest BCUT2D eigenvalue weighted by Gasteiger charge is 2.34. The van der Waals surface area contributed by atoms with Gasteiger partial charge in [0.2, 0.25) is 0 Å². The molecule has 0 aromatic heterocycles. The fourth-order valence-electron chi connectivity index (χ4n) is 1.99. The fourth-order valence-corrected chi connectivity index (χ4v) is 1.99. The topological polar surface area (TPSA) is 43.7 Å². The van der Waals surface area contributed by atoms with Crippen LogP contribution in [0.15, 0.2) is 0 Å². The Morgan fingerprint density at radius 3 is 2.62 bits per heavy atom. The third-order valence-corrected chi connectivity index (χ3v) is 2.77. The second kappa shape index (κ2) is 3.95. The number of rotatable bonds is 2. The van der Waals surface area contributed by atoms with Gasteiger partial charge in [-0.05, 0) is 13.3 Å². The normalized spacial score (nSPS) is 31.6. The predicted molar refractivity (Wildman–Crippen MR) is 52.5 cm³/mol. The van der Waals surface area contributed by atoms with E-state index in [9.17, 15) is 10.2 Å². The molecule has 0 aromatic carbocycles. The van der Waals surface area contributed by atoms with E-state index in [0.29, 0.717) is 0 Å². The molecule has 2 N–H and O–H groups in total. The Morgan fingerprint density at radius 2 is 2.15 bits per heavy atom. The maximum Gasteiger partial charge on any atom is 0.0639 e. The highest BCUT2D eigenvalue weighted by molar-refractivity contribution is 4.87. The lowest BCUT2D eigenvalue weighted by Gasteiger charge is -2.42. The number of aliphatic hydroxyl groups excluding tert-OH is 2. The predicted octanol–water partition coefficient (Wildman–Crippen LogP) is 0.460. The van der Waals surface area contributed by atoms with Crippen molar-refractivity contribution in [3.8, 4) is 0 Å². The summed E-state index contributed by atoms with van der Waals surface area (Å²) in [5.74, 6) is 0. The molecule has 13 heavy (non-hydrogen) atoms. The van der Waals surface area contributed by atoms with Crippen LogP contribution in [-0.4, -0.2) is 47.0 Å². The van der Waals surface area contributed by atoms with E-state index in [2.05, 4.69) is 18.7 Å².